The second-order valence-electron chi connectivity index (χ2n) is 8.81. The molecule has 5 rings (SSSR count). The molecule has 0 spiro atoms. The summed E-state index contributed by atoms with van der Waals surface area (Å²) in [6.45, 7) is -0.118. The number of halogens is 1. The van der Waals surface area contributed by atoms with Crippen molar-refractivity contribution in [3.63, 3.8) is 0 Å². The number of aliphatic hydroxyl groups excluding tert-OH is 1. The minimum atomic E-state index is -4.34. The highest BCUT2D eigenvalue weighted by Crippen LogP contribution is 2.44. The number of carbonyl (C=O) groups excluding carboxylic acids is 2. The zero-order valence-electron chi connectivity index (χ0n) is 16.8. The normalized spacial score (nSPS) is 31.3. The van der Waals surface area contributed by atoms with E-state index in [-0.39, 0.29) is 28.6 Å². The van der Waals surface area contributed by atoms with Gasteiger partial charge in [-0.3, -0.25) is 4.79 Å². The molecule has 1 saturated carbocycles. The van der Waals surface area contributed by atoms with E-state index in [0.29, 0.717) is 16.8 Å². The Kier molecular flexibility index (Phi) is 4.82. The average molecular weight is 450 g/mol. The molecular formula is C21H24FN3O5S. The molecule has 1 saturated heterocycles. The lowest BCUT2D eigenvalue weighted by Crippen LogP contribution is -2.51. The SMILES string of the molecule is O=C(CN1C(=O)Nc2ccc(F)cc2S1(=O)=O)N1C[C@@H]2C=C(C3CCC(O)CC3)[C@H]1C2. The zero-order valence-corrected chi connectivity index (χ0v) is 17.6. The van der Waals surface area contributed by atoms with Gasteiger partial charge in [0.15, 0.2) is 0 Å². The van der Waals surface area contributed by atoms with Gasteiger partial charge in [0.2, 0.25) is 5.91 Å². The smallest absolute Gasteiger partial charge is 0.336 e. The fourth-order valence-corrected chi connectivity index (χ4v) is 6.81. The molecule has 3 amide bonds. The fourth-order valence-electron chi connectivity index (χ4n) is 5.37. The quantitative estimate of drug-likeness (QED) is 0.687. The first-order chi connectivity index (χ1) is 14.7. The number of rotatable bonds is 3. The molecule has 2 aliphatic carbocycles. The van der Waals surface area contributed by atoms with Crippen molar-refractivity contribution in [2.45, 2.75) is 49.1 Å². The van der Waals surface area contributed by atoms with Gasteiger partial charge in [-0.2, -0.15) is 0 Å². The number of anilines is 1. The number of carbonyl (C=O) groups is 2. The molecular weight excluding hydrogens is 425 g/mol. The van der Waals surface area contributed by atoms with E-state index in [0.717, 1.165) is 44.2 Å². The van der Waals surface area contributed by atoms with Gasteiger partial charge in [0, 0.05) is 6.54 Å². The third kappa shape index (κ3) is 3.41. The average Bonchev–Trinajstić information content (AvgIpc) is 3.33. The molecule has 10 heteroatoms. The van der Waals surface area contributed by atoms with Crippen LogP contribution >= 0.6 is 0 Å². The van der Waals surface area contributed by atoms with Gasteiger partial charge >= 0.3 is 6.03 Å². The summed E-state index contributed by atoms with van der Waals surface area (Å²) in [4.78, 5) is 26.9. The van der Waals surface area contributed by atoms with Crippen molar-refractivity contribution >= 4 is 27.6 Å². The topological polar surface area (TPSA) is 107 Å². The van der Waals surface area contributed by atoms with Crippen LogP contribution in [-0.4, -0.2) is 59.9 Å². The van der Waals surface area contributed by atoms with Crippen LogP contribution in [0.4, 0.5) is 14.9 Å². The lowest BCUT2D eigenvalue weighted by molar-refractivity contribution is -0.131. The number of hydrogen-bond donors (Lipinski definition) is 2. The highest BCUT2D eigenvalue weighted by molar-refractivity contribution is 7.90. The lowest BCUT2D eigenvalue weighted by atomic mass is 9.80. The predicted molar refractivity (Wildman–Crippen MR) is 109 cm³/mol. The van der Waals surface area contributed by atoms with Gasteiger partial charge in [-0.05, 0) is 67.7 Å². The van der Waals surface area contributed by atoms with Crippen molar-refractivity contribution in [1.82, 2.24) is 9.21 Å². The minimum Gasteiger partial charge on any atom is -0.393 e. The van der Waals surface area contributed by atoms with Crippen LogP contribution in [0.1, 0.15) is 32.1 Å². The fraction of sp³-hybridized carbons (Fsp3) is 0.524. The van der Waals surface area contributed by atoms with Crippen molar-refractivity contribution in [2.75, 3.05) is 18.4 Å². The van der Waals surface area contributed by atoms with Crippen molar-refractivity contribution in [1.29, 1.82) is 0 Å². The van der Waals surface area contributed by atoms with E-state index < -0.39 is 34.3 Å². The molecule has 166 valence electrons. The van der Waals surface area contributed by atoms with Crippen LogP contribution in [-0.2, 0) is 14.8 Å². The molecule has 1 aromatic carbocycles. The molecule has 31 heavy (non-hydrogen) atoms. The minimum absolute atomic E-state index is 0.0000315. The Bertz CT molecular complexity index is 1080. The highest BCUT2D eigenvalue weighted by atomic mass is 32.2. The summed E-state index contributed by atoms with van der Waals surface area (Å²) in [5.74, 6) is -0.621. The Labute approximate surface area is 179 Å². The monoisotopic (exact) mass is 449 g/mol. The second-order valence-corrected chi connectivity index (χ2v) is 10.6. The Morgan fingerprint density at radius 2 is 1.97 bits per heavy atom. The van der Waals surface area contributed by atoms with Crippen molar-refractivity contribution in [3.8, 4) is 0 Å². The summed E-state index contributed by atoms with van der Waals surface area (Å²) in [7, 11) is -4.34. The summed E-state index contributed by atoms with van der Waals surface area (Å²) in [5, 5.41) is 12.2. The van der Waals surface area contributed by atoms with Crippen LogP contribution in [0.15, 0.2) is 34.7 Å². The van der Waals surface area contributed by atoms with Gasteiger partial charge in [-0.1, -0.05) is 6.08 Å². The predicted octanol–water partition coefficient (Wildman–Crippen LogP) is 2.07. The Hall–Kier alpha value is -2.46. The Morgan fingerprint density at radius 1 is 1.23 bits per heavy atom. The number of likely N-dealkylation sites (tertiary alicyclic amines) is 1. The molecule has 2 aliphatic heterocycles. The Morgan fingerprint density at radius 3 is 2.68 bits per heavy atom. The number of hydrogen-bond acceptors (Lipinski definition) is 5. The number of fused-ring (bicyclic) bond motifs is 3. The molecule has 4 aliphatic rings. The maximum atomic E-state index is 13.6. The van der Waals surface area contributed by atoms with E-state index in [1.807, 2.05) is 0 Å². The third-order valence-electron chi connectivity index (χ3n) is 6.89. The van der Waals surface area contributed by atoms with Gasteiger partial charge in [0.05, 0.1) is 17.8 Å². The molecule has 2 bridgehead atoms. The van der Waals surface area contributed by atoms with E-state index in [2.05, 4.69) is 11.4 Å². The maximum Gasteiger partial charge on any atom is 0.336 e. The molecule has 2 N–H and O–H groups in total. The van der Waals surface area contributed by atoms with Crippen LogP contribution in [0.25, 0.3) is 0 Å². The van der Waals surface area contributed by atoms with Crippen LogP contribution in [0, 0.1) is 17.7 Å². The third-order valence-corrected chi connectivity index (χ3v) is 8.66. The maximum absolute atomic E-state index is 13.6. The van der Waals surface area contributed by atoms with Crippen molar-refractivity contribution in [3.05, 3.63) is 35.7 Å². The van der Waals surface area contributed by atoms with Gasteiger partial charge in [-0.25, -0.2) is 21.9 Å². The Balaban J connectivity index is 1.34. The zero-order chi connectivity index (χ0) is 21.9. The standard InChI is InChI=1S/C21H24FN3O5S/c22-14-3-6-17-19(9-14)31(29,30)25(21(28)23-17)11-20(27)24-10-12-7-16(18(24)8-12)13-1-4-15(26)5-2-13/h3,6-7,9,12-13,15,18,26H,1-2,4-5,8,10-11H2,(H,23,28)/t12-,13?,15?,18-/m1/s1. The molecule has 0 unspecified atom stereocenters. The number of benzene rings is 1. The van der Waals surface area contributed by atoms with Gasteiger partial charge in [-0.15, -0.1) is 0 Å². The molecule has 2 atom stereocenters. The molecule has 8 nitrogen and oxygen atoms in total. The first kappa shape index (κ1) is 20.4. The first-order valence-electron chi connectivity index (χ1n) is 10.6. The van der Waals surface area contributed by atoms with E-state index in [1.54, 1.807) is 4.90 Å². The van der Waals surface area contributed by atoms with E-state index in [9.17, 15) is 27.5 Å². The van der Waals surface area contributed by atoms with E-state index in [4.69, 9.17) is 0 Å². The van der Waals surface area contributed by atoms with Crippen LogP contribution in [0.3, 0.4) is 0 Å². The van der Waals surface area contributed by atoms with Gasteiger partial charge in [0.1, 0.15) is 17.3 Å². The molecule has 2 heterocycles. The molecule has 0 radical (unpaired) electrons. The van der Waals surface area contributed by atoms with Crippen molar-refractivity contribution < 1.29 is 27.5 Å². The summed E-state index contributed by atoms with van der Waals surface area (Å²) in [6.07, 6.45) is 6.04. The van der Waals surface area contributed by atoms with Gasteiger partial charge < -0.3 is 15.3 Å². The number of urea groups is 1. The molecule has 1 aromatic rings. The van der Waals surface area contributed by atoms with Crippen LogP contribution in [0.5, 0.6) is 0 Å². The summed E-state index contributed by atoms with van der Waals surface area (Å²) < 4.78 is 39.9. The van der Waals surface area contributed by atoms with Crippen LogP contribution < -0.4 is 5.32 Å². The number of sulfonamides is 1. The number of nitrogens with one attached hydrogen (secondary N) is 1. The summed E-state index contributed by atoms with van der Waals surface area (Å²) in [5.41, 5.74) is 1.20. The number of aliphatic hydroxyl groups is 1. The highest BCUT2D eigenvalue weighted by Gasteiger charge is 2.46. The summed E-state index contributed by atoms with van der Waals surface area (Å²) in [6, 6.07) is 2.09. The number of amides is 3. The second kappa shape index (κ2) is 7.30. The van der Waals surface area contributed by atoms with E-state index >= 15 is 0 Å². The number of nitrogens with zero attached hydrogens (tertiary/aromatic N) is 2. The lowest BCUT2D eigenvalue weighted by Gasteiger charge is -2.36. The first-order valence-corrected chi connectivity index (χ1v) is 12.0. The van der Waals surface area contributed by atoms with Crippen molar-refractivity contribution in [2.24, 2.45) is 11.8 Å². The van der Waals surface area contributed by atoms with E-state index in [1.165, 1.54) is 11.6 Å². The summed E-state index contributed by atoms with van der Waals surface area (Å²) >= 11 is 0. The molecule has 0 aromatic heterocycles. The van der Waals surface area contributed by atoms with Gasteiger partial charge in [0.25, 0.3) is 10.0 Å². The molecule has 2 fully saturated rings. The largest absolute Gasteiger partial charge is 0.393 e. The van der Waals surface area contributed by atoms with Crippen LogP contribution in [0.2, 0.25) is 0 Å².